The van der Waals surface area contributed by atoms with Crippen molar-refractivity contribution >= 4 is 11.6 Å². The number of hydrogen-bond donors (Lipinski definition) is 2. The predicted octanol–water partition coefficient (Wildman–Crippen LogP) is 3.37. The Bertz CT molecular complexity index is 714. The van der Waals surface area contributed by atoms with Crippen LogP contribution >= 0.6 is 0 Å². The van der Waals surface area contributed by atoms with Gasteiger partial charge in [-0.2, -0.15) is 0 Å². The summed E-state index contributed by atoms with van der Waals surface area (Å²) in [5.41, 5.74) is 3.24. The van der Waals surface area contributed by atoms with E-state index in [0.717, 1.165) is 23.4 Å². The highest BCUT2D eigenvalue weighted by molar-refractivity contribution is 6.06. The summed E-state index contributed by atoms with van der Waals surface area (Å²) in [4.78, 5) is 12.7. The maximum atomic E-state index is 12.7. The molecule has 0 saturated carbocycles. The number of anilines is 1. The molecule has 0 radical (unpaired) electrons. The van der Waals surface area contributed by atoms with Gasteiger partial charge in [0, 0.05) is 17.8 Å². The Morgan fingerprint density at radius 3 is 2.42 bits per heavy atom. The van der Waals surface area contributed by atoms with Crippen LogP contribution in [0.3, 0.4) is 0 Å². The zero-order chi connectivity index (χ0) is 17.5. The fraction of sp³-hybridized carbons (Fsp3) is 0.316. The van der Waals surface area contributed by atoms with E-state index in [1.807, 2.05) is 38.1 Å². The van der Waals surface area contributed by atoms with Crippen LogP contribution < -0.4 is 20.1 Å². The summed E-state index contributed by atoms with van der Waals surface area (Å²) < 4.78 is 10.6. The van der Waals surface area contributed by atoms with Crippen molar-refractivity contribution in [2.75, 3.05) is 26.1 Å². The number of carbonyl (C=O) groups is 1. The Morgan fingerprint density at radius 2 is 1.75 bits per heavy atom. The number of hydrogen-bond acceptors (Lipinski definition) is 4. The molecule has 1 amide bonds. The highest BCUT2D eigenvalue weighted by Crippen LogP contribution is 2.30. The van der Waals surface area contributed by atoms with Crippen molar-refractivity contribution in [3.63, 3.8) is 0 Å². The molecule has 0 atom stereocenters. The topological polar surface area (TPSA) is 59.6 Å². The van der Waals surface area contributed by atoms with Gasteiger partial charge in [-0.25, -0.2) is 0 Å². The molecule has 2 aromatic carbocycles. The zero-order valence-corrected chi connectivity index (χ0v) is 14.6. The molecule has 0 saturated heterocycles. The molecule has 0 unspecified atom stereocenters. The van der Waals surface area contributed by atoms with Crippen molar-refractivity contribution in [3.8, 4) is 11.5 Å². The van der Waals surface area contributed by atoms with Crippen molar-refractivity contribution in [1.29, 1.82) is 0 Å². The van der Waals surface area contributed by atoms with E-state index in [4.69, 9.17) is 9.47 Å². The van der Waals surface area contributed by atoms with Crippen molar-refractivity contribution in [2.45, 2.75) is 20.4 Å². The lowest BCUT2D eigenvalue weighted by atomic mass is 10.1. The van der Waals surface area contributed by atoms with Gasteiger partial charge in [0.2, 0.25) is 0 Å². The van der Waals surface area contributed by atoms with Gasteiger partial charge in [0.25, 0.3) is 5.91 Å². The van der Waals surface area contributed by atoms with E-state index in [1.165, 1.54) is 0 Å². The van der Waals surface area contributed by atoms with E-state index in [1.54, 1.807) is 26.4 Å². The quantitative estimate of drug-likeness (QED) is 0.818. The van der Waals surface area contributed by atoms with E-state index in [2.05, 4.69) is 10.6 Å². The lowest BCUT2D eigenvalue weighted by molar-refractivity contribution is 0.102. The van der Waals surface area contributed by atoms with Crippen LogP contribution in [0.2, 0.25) is 0 Å². The first-order chi connectivity index (χ1) is 11.6. The molecule has 2 N–H and O–H groups in total. The third kappa shape index (κ3) is 4.06. The number of para-hydroxylation sites is 1. The van der Waals surface area contributed by atoms with Gasteiger partial charge in [-0.1, -0.05) is 25.1 Å². The van der Waals surface area contributed by atoms with Gasteiger partial charge in [0.05, 0.1) is 14.2 Å². The normalized spacial score (nSPS) is 10.3. The summed E-state index contributed by atoms with van der Waals surface area (Å²) in [5, 5.41) is 6.26. The molecule has 0 heterocycles. The van der Waals surface area contributed by atoms with E-state index >= 15 is 0 Å². The van der Waals surface area contributed by atoms with Gasteiger partial charge in [0.15, 0.2) is 11.5 Å². The maximum Gasteiger partial charge on any atom is 0.256 e. The molecule has 0 aromatic heterocycles. The Labute approximate surface area is 143 Å². The van der Waals surface area contributed by atoms with Crippen LogP contribution in [-0.4, -0.2) is 26.7 Å². The van der Waals surface area contributed by atoms with Gasteiger partial charge in [0.1, 0.15) is 0 Å². The van der Waals surface area contributed by atoms with Gasteiger partial charge < -0.3 is 20.1 Å². The summed E-state index contributed by atoms with van der Waals surface area (Å²) in [6.45, 7) is 5.50. The molecule has 0 spiro atoms. The number of ether oxygens (including phenoxy) is 2. The molecule has 24 heavy (non-hydrogen) atoms. The zero-order valence-electron chi connectivity index (χ0n) is 14.6. The van der Waals surface area contributed by atoms with Gasteiger partial charge >= 0.3 is 0 Å². The second-order valence-corrected chi connectivity index (χ2v) is 5.41. The lowest BCUT2D eigenvalue weighted by Gasteiger charge is -2.15. The van der Waals surface area contributed by atoms with Crippen molar-refractivity contribution in [3.05, 3.63) is 53.1 Å². The summed E-state index contributed by atoms with van der Waals surface area (Å²) in [5.74, 6) is 0.977. The minimum absolute atomic E-state index is 0.169. The molecule has 5 heteroatoms. The third-order valence-corrected chi connectivity index (χ3v) is 3.81. The number of methoxy groups -OCH3 is 2. The van der Waals surface area contributed by atoms with Crippen molar-refractivity contribution in [1.82, 2.24) is 5.32 Å². The Hall–Kier alpha value is -2.53. The standard InChI is InChI=1S/C19H24N2O3/c1-5-20-12-14-8-6-7-9-16(14)21-19(22)15-11-18(24-4)17(23-3)10-13(15)2/h6-11,20H,5,12H2,1-4H3,(H,21,22). The summed E-state index contributed by atoms with van der Waals surface area (Å²) >= 11 is 0. The SMILES string of the molecule is CCNCc1ccccc1NC(=O)c1cc(OC)c(OC)cc1C. The molecule has 0 fully saturated rings. The van der Waals surface area contributed by atoms with E-state index < -0.39 is 0 Å². The molecule has 0 aliphatic carbocycles. The molecular formula is C19H24N2O3. The number of amides is 1. The van der Waals surface area contributed by atoms with E-state index in [9.17, 15) is 4.79 Å². The fourth-order valence-electron chi connectivity index (χ4n) is 2.47. The first-order valence-corrected chi connectivity index (χ1v) is 7.93. The van der Waals surface area contributed by atoms with Crippen LogP contribution in [0.1, 0.15) is 28.4 Å². The minimum Gasteiger partial charge on any atom is -0.493 e. The average molecular weight is 328 g/mol. The number of benzene rings is 2. The molecule has 5 nitrogen and oxygen atoms in total. The van der Waals surface area contributed by atoms with Gasteiger partial charge in [-0.15, -0.1) is 0 Å². The van der Waals surface area contributed by atoms with Crippen LogP contribution in [0.5, 0.6) is 11.5 Å². The Morgan fingerprint density at radius 1 is 1.08 bits per heavy atom. The molecule has 0 aliphatic heterocycles. The second-order valence-electron chi connectivity index (χ2n) is 5.41. The van der Waals surface area contributed by atoms with E-state index in [0.29, 0.717) is 23.6 Å². The predicted molar refractivity (Wildman–Crippen MR) is 96.1 cm³/mol. The molecule has 0 bridgehead atoms. The van der Waals surface area contributed by atoms with Crippen LogP contribution in [0.4, 0.5) is 5.69 Å². The lowest BCUT2D eigenvalue weighted by Crippen LogP contribution is -2.18. The number of nitrogens with one attached hydrogen (secondary N) is 2. The van der Waals surface area contributed by atoms with E-state index in [-0.39, 0.29) is 5.91 Å². The highest BCUT2D eigenvalue weighted by Gasteiger charge is 2.15. The van der Waals surface area contributed by atoms with Crippen LogP contribution in [0, 0.1) is 6.92 Å². The number of rotatable bonds is 7. The molecule has 2 rings (SSSR count). The van der Waals surface area contributed by atoms with Crippen LogP contribution in [-0.2, 0) is 6.54 Å². The summed E-state index contributed by atoms with van der Waals surface area (Å²) in [6.07, 6.45) is 0. The summed E-state index contributed by atoms with van der Waals surface area (Å²) in [6, 6.07) is 11.3. The minimum atomic E-state index is -0.169. The molecule has 128 valence electrons. The second kappa shape index (κ2) is 8.36. The maximum absolute atomic E-state index is 12.7. The molecule has 2 aromatic rings. The first-order valence-electron chi connectivity index (χ1n) is 7.93. The average Bonchev–Trinajstić information content (AvgIpc) is 2.60. The van der Waals surface area contributed by atoms with Crippen LogP contribution in [0.15, 0.2) is 36.4 Å². The largest absolute Gasteiger partial charge is 0.493 e. The Kier molecular flexibility index (Phi) is 6.21. The third-order valence-electron chi connectivity index (χ3n) is 3.81. The van der Waals surface area contributed by atoms with Gasteiger partial charge in [-0.3, -0.25) is 4.79 Å². The van der Waals surface area contributed by atoms with Crippen molar-refractivity contribution in [2.24, 2.45) is 0 Å². The smallest absolute Gasteiger partial charge is 0.256 e. The first kappa shape index (κ1) is 17.8. The number of aryl methyl sites for hydroxylation is 1. The van der Waals surface area contributed by atoms with Crippen LogP contribution in [0.25, 0.3) is 0 Å². The molecular weight excluding hydrogens is 304 g/mol. The molecule has 0 aliphatic rings. The van der Waals surface area contributed by atoms with Crippen molar-refractivity contribution < 1.29 is 14.3 Å². The summed E-state index contributed by atoms with van der Waals surface area (Å²) in [7, 11) is 3.13. The number of carbonyl (C=O) groups excluding carboxylic acids is 1. The monoisotopic (exact) mass is 328 g/mol. The highest BCUT2D eigenvalue weighted by atomic mass is 16.5. The Balaban J connectivity index is 2.27. The van der Waals surface area contributed by atoms with Gasteiger partial charge in [-0.05, 0) is 42.8 Å². The fourth-order valence-corrected chi connectivity index (χ4v) is 2.47.